The van der Waals surface area contributed by atoms with Gasteiger partial charge >= 0.3 is 6.03 Å². The Bertz CT molecular complexity index is 742. The summed E-state index contributed by atoms with van der Waals surface area (Å²) in [6.45, 7) is 1.95. The molecule has 1 aromatic carbocycles. The molecule has 2 amide bonds. The van der Waals surface area contributed by atoms with Gasteiger partial charge in [-0.2, -0.15) is 0 Å². The number of rotatable bonds is 7. The van der Waals surface area contributed by atoms with Crippen molar-refractivity contribution in [1.29, 1.82) is 0 Å². The lowest BCUT2D eigenvalue weighted by molar-refractivity contribution is 0.228. The normalized spacial score (nSPS) is 16.6. The van der Waals surface area contributed by atoms with Gasteiger partial charge in [0.1, 0.15) is 11.5 Å². The highest BCUT2D eigenvalue weighted by molar-refractivity contribution is 7.10. The quantitative estimate of drug-likeness (QED) is 0.697. The minimum Gasteiger partial charge on any atom is -0.497 e. The van der Waals surface area contributed by atoms with Gasteiger partial charge in [0, 0.05) is 10.4 Å². The molecule has 1 saturated carbocycles. The molecular weight excluding hydrogens is 360 g/mol. The zero-order valence-corrected chi connectivity index (χ0v) is 17.0. The van der Waals surface area contributed by atoms with Crippen LogP contribution in [0.3, 0.4) is 0 Å². The predicted molar refractivity (Wildman–Crippen MR) is 109 cm³/mol. The van der Waals surface area contributed by atoms with Crippen molar-refractivity contribution in [3.8, 4) is 11.5 Å². The van der Waals surface area contributed by atoms with Gasteiger partial charge in [0.15, 0.2) is 0 Å². The first-order valence-corrected chi connectivity index (χ1v) is 10.3. The Morgan fingerprint density at radius 2 is 1.93 bits per heavy atom. The van der Waals surface area contributed by atoms with Crippen LogP contribution in [0.1, 0.15) is 55.1 Å². The molecule has 1 aliphatic carbocycles. The van der Waals surface area contributed by atoms with Crippen molar-refractivity contribution in [2.45, 2.75) is 44.7 Å². The number of carbonyl (C=O) groups is 1. The number of urea groups is 1. The maximum Gasteiger partial charge on any atom is 0.315 e. The molecular formula is C21H28N2O3S. The Hall–Kier alpha value is -2.21. The van der Waals surface area contributed by atoms with E-state index in [0.29, 0.717) is 5.92 Å². The molecule has 1 aromatic heterocycles. The van der Waals surface area contributed by atoms with Crippen molar-refractivity contribution in [2.24, 2.45) is 5.92 Å². The van der Waals surface area contributed by atoms with Crippen molar-refractivity contribution < 1.29 is 14.3 Å². The van der Waals surface area contributed by atoms with Gasteiger partial charge in [0.05, 0.1) is 26.3 Å². The summed E-state index contributed by atoms with van der Waals surface area (Å²) in [4.78, 5) is 14.0. The van der Waals surface area contributed by atoms with Crippen molar-refractivity contribution in [2.75, 3.05) is 14.2 Å². The Morgan fingerprint density at radius 1 is 1.15 bits per heavy atom. The molecule has 3 rings (SSSR count). The predicted octanol–water partition coefficient (Wildman–Crippen LogP) is 5.06. The lowest BCUT2D eigenvalue weighted by atomic mass is 9.97. The molecule has 2 aromatic rings. The van der Waals surface area contributed by atoms with Crippen LogP contribution in [0.25, 0.3) is 0 Å². The van der Waals surface area contributed by atoms with E-state index in [1.165, 1.54) is 30.6 Å². The number of methoxy groups -OCH3 is 2. The van der Waals surface area contributed by atoms with Crippen LogP contribution in [0.15, 0.2) is 35.7 Å². The van der Waals surface area contributed by atoms with Gasteiger partial charge in [0.25, 0.3) is 0 Å². The van der Waals surface area contributed by atoms with Crippen molar-refractivity contribution in [3.05, 3.63) is 46.2 Å². The largest absolute Gasteiger partial charge is 0.497 e. The molecule has 1 heterocycles. The molecule has 2 N–H and O–H groups in total. The number of amides is 2. The summed E-state index contributed by atoms with van der Waals surface area (Å²) in [5.74, 6) is 1.98. The third kappa shape index (κ3) is 4.75. The summed E-state index contributed by atoms with van der Waals surface area (Å²) in [5.41, 5.74) is 0.889. The molecule has 0 aliphatic heterocycles. The van der Waals surface area contributed by atoms with Gasteiger partial charge < -0.3 is 20.1 Å². The monoisotopic (exact) mass is 388 g/mol. The maximum absolute atomic E-state index is 12.8. The average molecular weight is 389 g/mol. The second-order valence-electron chi connectivity index (χ2n) is 6.98. The summed E-state index contributed by atoms with van der Waals surface area (Å²) in [6, 6.07) is 9.48. The number of nitrogens with one attached hydrogen (secondary N) is 2. The Morgan fingerprint density at radius 3 is 2.56 bits per heavy atom. The molecule has 1 aliphatic rings. The molecule has 0 bridgehead atoms. The van der Waals surface area contributed by atoms with Gasteiger partial charge in [0.2, 0.25) is 0 Å². The fourth-order valence-electron chi connectivity index (χ4n) is 3.82. The first-order valence-electron chi connectivity index (χ1n) is 9.44. The van der Waals surface area contributed by atoms with Crippen LogP contribution >= 0.6 is 11.3 Å². The van der Waals surface area contributed by atoms with Crippen molar-refractivity contribution >= 4 is 17.4 Å². The first-order chi connectivity index (χ1) is 13.1. The molecule has 1 fully saturated rings. The van der Waals surface area contributed by atoms with E-state index in [2.05, 4.69) is 22.1 Å². The van der Waals surface area contributed by atoms with Crippen LogP contribution in [-0.2, 0) is 0 Å². The van der Waals surface area contributed by atoms with Gasteiger partial charge in [-0.25, -0.2) is 4.79 Å². The molecule has 0 radical (unpaired) electrons. The number of hydrogen-bond acceptors (Lipinski definition) is 4. The smallest absolute Gasteiger partial charge is 0.315 e. The van der Waals surface area contributed by atoms with Gasteiger partial charge in [-0.3, -0.25) is 0 Å². The molecule has 5 nitrogen and oxygen atoms in total. The lowest BCUT2D eigenvalue weighted by Crippen LogP contribution is -2.41. The number of benzene rings is 1. The molecule has 2 atom stereocenters. The molecule has 0 spiro atoms. The fourth-order valence-corrected chi connectivity index (χ4v) is 4.68. The minimum absolute atomic E-state index is 0.0758. The summed E-state index contributed by atoms with van der Waals surface area (Å²) in [7, 11) is 3.26. The highest BCUT2D eigenvalue weighted by Gasteiger charge is 2.29. The Kier molecular flexibility index (Phi) is 6.61. The SMILES string of the molecule is COc1ccc(OC)c(C(C)NC(=O)NC(c2cccs2)C2CCCC2)c1. The number of hydrogen-bond donors (Lipinski definition) is 2. The van der Waals surface area contributed by atoms with E-state index in [0.717, 1.165) is 17.1 Å². The molecule has 2 unspecified atom stereocenters. The zero-order chi connectivity index (χ0) is 19.2. The summed E-state index contributed by atoms with van der Waals surface area (Å²) >= 11 is 1.71. The first kappa shape index (κ1) is 19.5. The summed E-state index contributed by atoms with van der Waals surface area (Å²) in [5, 5.41) is 8.34. The minimum atomic E-state index is -0.206. The number of ether oxygens (including phenoxy) is 2. The van der Waals surface area contributed by atoms with E-state index >= 15 is 0 Å². The number of carbonyl (C=O) groups excluding carboxylic acids is 1. The summed E-state index contributed by atoms with van der Waals surface area (Å²) < 4.78 is 10.8. The van der Waals surface area contributed by atoms with E-state index in [1.54, 1.807) is 25.6 Å². The standard InChI is InChI=1S/C21H28N2O3S/c1-14(17-13-16(25-2)10-11-18(17)26-3)22-21(24)23-20(15-7-4-5-8-15)19-9-6-12-27-19/h6,9-15,20H,4-5,7-8H2,1-3H3,(H2,22,23,24). The average Bonchev–Trinajstić information content (AvgIpc) is 3.39. The van der Waals surface area contributed by atoms with Gasteiger partial charge in [-0.05, 0) is 55.3 Å². The van der Waals surface area contributed by atoms with E-state index in [1.807, 2.05) is 31.2 Å². The van der Waals surface area contributed by atoms with Crippen molar-refractivity contribution in [1.82, 2.24) is 10.6 Å². The second-order valence-corrected chi connectivity index (χ2v) is 7.96. The van der Waals surface area contributed by atoms with E-state index in [-0.39, 0.29) is 18.1 Å². The molecule has 6 heteroatoms. The second kappa shape index (κ2) is 9.13. The van der Waals surface area contributed by atoms with Crippen LogP contribution in [0, 0.1) is 5.92 Å². The van der Waals surface area contributed by atoms with E-state index < -0.39 is 0 Å². The van der Waals surface area contributed by atoms with Crippen LogP contribution in [0.5, 0.6) is 11.5 Å². The van der Waals surface area contributed by atoms with Crippen LogP contribution in [0.2, 0.25) is 0 Å². The van der Waals surface area contributed by atoms with E-state index in [9.17, 15) is 4.79 Å². The Balaban J connectivity index is 1.70. The van der Waals surface area contributed by atoms with Crippen LogP contribution in [-0.4, -0.2) is 20.3 Å². The zero-order valence-electron chi connectivity index (χ0n) is 16.2. The van der Waals surface area contributed by atoms with Crippen LogP contribution < -0.4 is 20.1 Å². The molecule has 27 heavy (non-hydrogen) atoms. The fraction of sp³-hybridized carbons (Fsp3) is 0.476. The number of thiophene rings is 1. The highest BCUT2D eigenvalue weighted by atomic mass is 32.1. The summed E-state index contributed by atoms with van der Waals surface area (Å²) in [6.07, 6.45) is 4.82. The lowest BCUT2D eigenvalue weighted by Gasteiger charge is -2.25. The molecule has 146 valence electrons. The molecule has 0 saturated heterocycles. The van der Waals surface area contributed by atoms with Gasteiger partial charge in [-0.15, -0.1) is 11.3 Å². The van der Waals surface area contributed by atoms with Gasteiger partial charge in [-0.1, -0.05) is 18.9 Å². The van der Waals surface area contributed by atoms with Crippen molar-refractivity contribution in [3.63, 3.8) is 0 Å². The Labute approximate surface area is 165 Å². The third-order valence-electron chi connectivity index (χ3n) is 5.26. The topological polar surface area (TPSA) is 59.6 Å². The highest BCUT2D eigenvalue weighted by Crippen LogP contribution is 2.37. The van der Waals surface area contributed by atoms with Crippen LogP contribution in [0.4, 0.5) is 4.79 Å². The van der Waals surface area contributed by atoms with E-state index in [4.69, 9.17) is 9.47 Å². The third-order valence-corrected chi connectivity index (χ3v) is 6.21. The maximum atomic E-state index is 12.8.